The monoisotopic (exact) mass is 318 g/mol. The number of methoxy groups -OCH3 is 1. The van der Waals surface area contributed by atoms with Crippen LogP contribution in [-0.4, -0.2) is 42.7 Å². The summed E-state index contributed by atoms with van der Waals surface area (Å²) in [6, 6.07) is 16.7. The van der Waals surface area contributed by atoms with Crippen molar-refractivity contribution in [2.24, 2.45) is 0 Å². The number of benzene rings is 2. The molecule has 0 heterocycles. The van der Waals surface area contributed by atoms with E-state index >= 15 is 0 Å². The Bertz CT molecular complexity index is 555. The molecule has 0 aliphatic rings. The molecule has 0 unspecified atom stereocenters. The Morgan fingerprint density at radius 2 is 1.43 bits per heavy atom. The van der Waals surface area contributed by atoms with Crippen molar-refractivity contribution in [2.75, 3.05) is 20.3 Å². The van der Waals surface area contributed by atoms with Crippen molar-refractivity contribution in [3.63, 3.8) is 0 Å². The molecule has 2 aromatic carbocycles. The van der Waals surface area contributed by atoms with Gasteiger partial charge in [-0.25, -0.2) is 0 Å². The van der Waals surface area contributed by atoms with Crippen LogP contribution < -0.4 is 9.47 Å². The molecule has 2 N–H and O–H groups in total. The number of hydrogen-bond acceptors (Lipinski definition) is 5. The lowest BCUT2D eigenvalue weighted by molar-refractivity contribution is -0.0564. The van der Waals surface area contributed by atoms with E-state index in [1.54, 1.807) is 31.4 Å². The third-order valence-corrected chi connectivity index (χ3v) is 3.32. The second-order valence-corrected chi connectivity index (χ2v) is 5.12. The second kappa shape index (κ2) is 9.15. The fourth-order valence-electron chi connectivity index (χ4n) is 1.95. The van der Waals surface area contributed by atoms with E-state index < -0.39 is 12.2 Å². The average molecular weight is 318 g/mol. The highest BCUT2D eigenvalue weighted by atomic mass is 16.5. The van der Waals surface area contributed by atoms with Crippen LogP contribution in [0, 0.1) is 0 Å². The van der Waals surface area contributed by atoms with Crippen molar-refractivity contribution in [3.05, 3.63) is 60.2 Å². The van der Waals surface area contributed by atoms with E-state index in [-0.39, 0.29) is 13.2 Å². The number of hydrogen-bond donors (Lipinski definition) is 2. The van der Waals surface area contributed by atoms with Crippen LogP contribution in [-0.2, 0) is 11.3 Å². The third kappa shape index (κ3) is 5.90. The van der Waals surface area contributed by atoms with Crippen LogP contribution in [0.5, 0.6) is 11.5 Å². The summed E-state index contributed by atoms with van der Waals surface area (Å²) in [6.45, 7) is 0.425. The molecule has 0 amide bonds. The van der Waals surface area contributed by atoms with Gasteiger partial charge in [0.05, 0.1) is 20.3 Å². The minimum Gasteiger partial charge on any atom is -0.497 e. The molecule has 0 saturated carbocycles. The van der Waals surface area contributed by atoms with Gasteiger partial charge in [-0.05, 0) is 29.8 Å². The van der Waals surface area contributed by atoms with Gasteiger partial charge >= 0.3 is 0 Å². The molecular weight excluding hydrogens is 296 g/mol. The first-order valence-corrected chi connectivity index (χ1v) is 7.43. The van der Waals surface area contributed by atoms with Crippen LogP contribution in [0.3, 0.4) is 0 Å². The van der Waals surface area contributed by atoms with Gasteiger partial charge in [0.1, 0.15) is 30.3 Å². The fraction of sp³-hybridized carbons (Fsp3) is 0.333. The highest BCUT2D eigenvalue weighted by molar-refractivity contribution is 5.31. The lowest BCUT2D eigenvalue weighted by Gasteiger charge is -2.18. The predicted molar refractivity (Wildman–Crippen MR) is 86.6 cm³/mol. The topological polar surface area (TPSA) is 68.2 Å². The Morgan fingerprint density at radius 1 is 0.826 bits per heavy atom. The van der Waals surface area contributed by atoms with Gasteiger partial charge in [0.15, 0.2) is 0 Å². The molecule has 2 rings (SSSR count). The molecule has 0 spiro atoms. The lowest BCUT2D eigenvalue weighted by atomic mass is 10.2. The van der Waals surface area contributed by atoms with Crippen molar-refractivity contribution in [2.45, 2.75) is 18.8 Å². The Hall–Kier alpha value is -2.08. The van der Waals surface area contributed by atoms with Gasteiger partial charge in [-0.1, -0.05) is 30.3 Å². The summed E-state index contributed by atoms with van der Waals surface area (Å²) in [7, 11) is 1.59. The standard InChI is InChI=1S/C18H22O5/c1-21-15-7-9-16(10-8-15)23-13-18(20)17(19)12-22-11-14-5-3-2-4-6-14/h2-10,17-20H,11-13H2,1H3/t17-,18+/m1/s1. The summed E-state index contributed by atoms with van der Waals surface area (Å²) in [4.78, 5) is 0. The predicted octanol–water partition coefficient (Wildman–Crippen LogP) is 2.01. The van der Waals surface area contributed by atoms with Gasteiger partial charge in [0.25, 0.3) is 0 Å². The van der Waals surface area contributed by atoms with E-state index in [4.69, 9.17) is 14.2 Å². The van der Waals surface area contributed by atoms with Crippen molar-refractivity contribution in [1.29, 1.82) is 0 Å². The maximum absolute atomic E-state index is 9.90. The molecule has 2 aromatic rings. The lowest BCUT2D eigenvalue weighted by Crippen LogP contribution is -2.35. The summed E-state index contributed by atoms with van der Waals surface area (Å²) in [5.74, 6) is 1.33. The minimum atomic E-state index is -1.02. The number of ether oxygens (including phenoxy) is 3. The fourth-order valence-corrected chi connectivity index (χ4v) is 1.95. The molecule has 0 fully saturated rings. The highest BCUT2D eigenvalue weighted by Crippen LogP contribution is 2.17. The van der Waals surface area contributed by atoms with Gasteiger partial charge in [0.2, 0.25) is 0 Å². The molecule has 0 saturated heterocycles. The zero-order valence-corrected chi connectivity index (χ0v) is 13.1. The van der Waals surface area contributed by atoms with Crippen LogP contribution in [0.25, 0.3) is 0 Å². The number of aliphatic hydroxyl groups excluding tert-OH is 2. The Kier molecular flexibility index (Phi) is 6.87. The van der Waals surface area contributed by atoms with E-state index in [9.17, 15) is 10.2 Å². The minimum absolute atomic E-state index is 0.0117. The van der Waals surface area contributed by atoms with Crippen LogP contribution in [0.2, 0.25) is 0 Å². The largest absolute Gasteiger partial charge is 0.497 e. The summed E-state index contributed by atoms with van der Waals surface area (Å²) in [5.41, 5.74) is 1.02. The van der Waals surface area contributed by atoms with Crippen LogP contribution in [0.15, 0.2) is 54.6 Å². The molecule has 0 aliphatic heterocycles. The van der Waals surface area contributed by atoms with Gasteiger partial charge in [-0.3, -0.25) is 0 Å². The van der Waals surface area contributed by atoms with E-state index in [1.165, 1.54) is 0 Å². The van der Waals surface area contributed by atoms with Crippen LogP contribution in [0.1, 0.15) is 5.56 Å². The van der Waals surface area contributed by atoms with Crippen molar-refractivity contribution in [3.8, 4) is 11.5 Å². The smallest absolute Gasteiger partial charge is 0.119 e. The zero-order chi connectivity index (χ0) is 16.5. The zero-order valence-electron chi connectivity index (χ0n) is 13.1. The van der Waals surface area contributed by atoms with Gasteiger partial charge in [-0.2, -0.15) is 0 Å². The van der Waals surface area contributed by atoms with Gasteiger partial charge < -0.3 is 24.4 Å². The molecule has 2 atom stereocenters. The maximum Gasteiger partial charge on any atom is 0.119 e. The molecule has 0 radical (unpaired) electrons. The Morgan fingerprint density at radius 3 is 2.09 bits per heavy atom. The van der Waals surface area contributed by atoms with Gasteiger partial charge in [0, 0.05) is 0 Å². The summed E-state index contributed by atoms with van der Waals surface area (Å²) in [6.07, 6.45) is -2.02. The molecule has 5 nitrogen and oxygen atoms in total. The van der Waals surface area contributed by atoms with Gasteiger partial charge in [-0.15, -0.1) is 0 Å². The van der Waals surface area contributed by atoms with E-state index in [1.807, 2.05) is 30.3 Å². The summed E-state index contributed by atoms with van der Waals surface area (Å²) >= 11 is 0. The Labute approximate surface area is 136 Å². The van der Waals surface area contributed by atoms with Crippen LogP contribution in [0.4, 0.5) is 0 Å². The highest BCUT2D eigenvalue weighted by Gasteiger charge is 2.17. The SMILES string of the molecule is COc1ccc(OC[C@H](O)[C@H](O)COCc2ccccc2)cc1. The van der Waals surface area contributed by atoms with Crippen molar-refractivity contribution in [1.82, 2.24) is 0 Å². The van der Waals surface area contributed by atoms with E-state index in [2.05, 4.69) is 0 Å². The molecule has 0 aliphatic carbocycles. The van der Waals surface area contributed by atoms with Crippen molar-refractivity contribution >= 4 is 0 Å². The summed E-state index contributed by atoms with van der Waals surface area (Å²) < 4.78 is 15.9. The van der Waals surface area contributed by atoms with Crippen molar-refractivity contribution < 1.29 is 24.4 Å². The molecule has 5 heteroatoms. The molecule has 124 valence electrons. The molecule has 0 bridgehead atoms. The molecular formula is C18H22O5. The number of rotatable bonds is 9. The Balaban J connectivity index is 1.68. The van der Waals surface area contributed by atoms with E-state index in [0.717, 1.165) is 11.3 Å². The first kappa shape index (κ1) is 17.3. The third-order valence-electron chi connectivity index (χ3n) is 3.32. The maximum atomic E-state index is 9.90. The quantitative estimate of drug-likeness (QED) is 0.740. The molecule has 23 heavy (non-hydrogen) atoms. The first-order chi connectivity index (χ1) is 11.2. The average Bonchev–Trinajstić information content (AvgIpc) is 2.61. The second-order valence-electron chi connectivity index (χ2n) is 5.12. The van der Waals surface area contributed by atoms with E-state index in [0.29, 0.717) is 12.4 Å². The summed E-state index contributed by atoms with van der Waals surface area (Å²) in [5, 5.41) is 19.8. The molecule has 0 aromatic heterocycles. The normalized spacial score (nSPS) is 13.3. The first-order valence-electron chi connectivity index (χ1n) is 7.43. The van der Waals surface area contributed by atoms with Crippen LogP contribution >= 0.6 is 0 Å². The number of aliphatic hydroxyl groups is 2.